The molecule has 1 aliphatic rings. The Kier molecular flexibility index (Phi) is 1.52. The summed E-state index contributed by atoms with van der Waals surface area (Å²) >= 11 is 0. The molecule has 0 saturated carbocycles. The van der Waals surface area contributed by atoms with E-state index in [9.17, 15) is 5.11 Å². The van der Waals surface area contributed by atoms with Crippen molar-refractivity contribution in [1.82, 2.24) is 14.7 Å². The molecule has 0 amide bonds. The Morgan fingerprint density at radius 2 is 2.36 bits per heavy atom. The number of hydrogen-bond donors (Lipinski definition) is 2. The number of hydrogen-bond acceptors (Lipinski definition) is 3. The van der Waals surface area contributed by atoms with Crippen molar-refractivity contribution in [2.24, 2.45) is 0 Å². The van der Waals surface area contributed by atoms with Gasteiger partial charge in [0.25, 0.3) is 0 Å². The van der Waals surface area contributed by atoms with Crippen LogP contribution in [0.2, 0.25) is 0 Å². The van der Waals surface area contributed by atoms with Crippen molar-refractivity contribution in [3.05, 3.63) is 30.4 Å². The van der Waals surface area contributed by atoms with Crippen LogP contribution in [0.5, 0.6) is 5.75 Å². The average Bonchev–Trinajstić information content (AvgIpc) is 2.48. The zero-order chi connectivity index (χ0) is 9.54. The Morgan fingerprint density at radius 3 is 3.07 bits per heavy atom. The third kappa shape index (κ3) is 0.943. The normalized spacial score (nSPS) is 17.1. The largest absolute Gasteiger partial charge is 0.506 e. The fraction of sp³-hybridized carbons (Fsp3) is 0.300. The molecule has 1 saturated heterocycles. The topological polar surface area (TPSA) is 49.6 Å². The summed E-state index contributed by atoms with van der Waals surface area (Å²) in [5.41, 5.74) is 0.786. The third-order valence-electron chi connectivity index (χ3n) is 2.72. The van der Waals surface area contributed by atoms with Gasteiger partial charge in [-0.15, -0.1) is 0 Å². The van der Waals surface area contributed by atoms with Crippen molar-refractivity contribution in [2.75, 3.05) is 13.1 Å². The highest BCUT2D eigenvalue weighted by atomic mass is 16.3. The Hall–Kier alpha value is -1.55. The molecule has 0 aromatic carbocycles. The van der Waals surface area contributed by atoms with E-state index in [1.165, 1.54) is 0 Å². The molecule has 3 heterocycles. The highest BCUT2D eigenvalue weighted by Crippen LogP contribution is 2.24. The van der Waals surface area contributed by atoms with Crippen LogP contribution in [-0.2, 0) is 0 Å². The minimum absolute atomic E-state index is 0.290. The molecule has 0 atom stereocenters. The van der Waals surface area contributed by atoms with Crippen LogP contribution in [0.4, 0.5) is 0 Å². The van der Waals surface area contributed by atoms with Crippen LogP contribution in [0, 0.1) is 0 Å². The number of aromatic nitrogens is 2. The van der Waals surface area contributed by atoms with Gasteiger partial charge in [-0.2, -0.15) is 0 Å². The molecule has 2 aromatic heterocycles. The molecule has 4 nitrogen and oxygen atoms in total. The predicted molar refractivity (Wildman–Crippen MR) is 52.5 cm³/mol. The van der Waals surface area contributed by atoms with Gasteiger partial charge >= 0.3 is 0 Å². The van der Waals surface area contributed by atoms with Crippen LogP contribution < -0.4 is 5.32 Å². The monoisotopic (exact) mass is 189 g/mol. The van der Waals surface area contributed by atoms with Gasteiger partial charge in [0.15, 0.2) is 0 Å². The quantitative estimate of drug-likeness (QED) is 0.695. The zero-order valence-electron chi connectivity index (χ0n) is 7.64. The van der Waals surface area contributed by atoms with E-state index in [4.69, 9.17) is 0 Å². The van der Waals surface area contributed by atoms with Crippen molar-refractivity contribution in [1.29, 1.82) is 0 Å². The maximum atomic E-state index is 9.58. The summed E-state index contributed by atoms with van der Waals surface area (Å²) in [7, 11) is 0. The van der Waals surface area contributed by atoms with Crippen molar-refractivity contribution < 1.29 is 5.11 Å². The molecular weight excluding hydrogens is 178 g/mol. The predicted octanol–water partition coefficient (Wildman–Crippen LogP) is 0.727. The number of imidazole rings is 1. The summed E-state index contributed by atoms with van der Waals surface area (Å²) in [5, 5.41) is 12.8. The second kappa shape index (κ2) is 2.72. The van der Waals surface area contributed by atoms with Crippen LogP contribution in [0.15, 0.2) is 24.5 Å². The molecule has 1 aliphatic heterocycles. The van der Waals surface area contributed by atoms with E-state index in [1.54, 1.807) is 12.3 Å². The van der Waals surface area contributed by atoms with Crippen molar-refractivity contribution in [2.45, 2.75) is 5.92 Å². The number of rotatable bonds is 1. The molecule has 3 rings (SSSR count). The van der Waals surface area contributed by atoms with Gasteiger partial charge in [-0.25, -0.2) is 4.98 Å². The van der Waals surface area contributed by atoms with Crippen molar-refractivity contribution in [3.8, 4) is 5.75 Å². The van der Waals surface area contributed by atoms with E-state index in [1.807, 2.05) is 16.7 Å². The van der Waals surface area contributed by atoms with Crippen LogP contribution in [-0.4, -0.2) is 27.6 Å². The van der Waals surface area contributed by atoms with E-state index >= 15 is 0 Å². The molecule has 14 heavy (non-hydrogen) atoms. The first-order valence-corrected chi connectivity index (χ1v) is 4.72. The lowest BCUT2D eigenvalue weighted by Gasteiger charge is -2.25. The summed E-state index contributed by atoms with van der Waals surface area (Å²) in [6.45, 7) is 1.96. The molecule has 72 valence electrons. The highest BCUT2D eigenvalue weighted by molar-refractivity contribution is 5.58. The van der Waals surface area contributed by atoms with Crippen LogP contribution in [0.25, 0.3) is 5.52 Å². The second-order valence-corrected chi connectivity index (χ2v) is 3.62. The fourth-order valence-corrected chi connectivity index (χ4v) is 1.80. The molecule has 0 bridgehead atoms. The van der Waals surface area contributed by atoms with E-state index < -0.39 is 0 Å². The minimum atomic E-state index is 0.290. The van der Waals surface area contributed by atoms with Gasteiger partial charge in [0.1, 0.15) is 17.1 Å². The van der Waals surface area contributed by atoms with Gasteiger partial charge in [-0.1, -0.05) is 0 Å². The Bertz CT molecular complexity index is 473. The van der Waals surface area contributed by atoms with Crippen LogP contribution in [0.1, 0.15) is 11.7 Å². The number of nitrogens with zero attached hydrogens (tertiary/aromatic N) is 2. The first-order chi connectivity index (χ1) is 6.86. The lowest BCUT2D eigenvalue weighted by Crippen LogP contribution is -2.40. The highest BCUT2D eigenvalue weighted by Gasteiger charge is 2.23. The van der Waals surface area contributed by atoms with Gasteiger partial charge in [0.2, 0.25) is 0 Å². The first-order valence-electron chi connectivity index (χ1n) is 4.72. The standard InChI is InChI=1S/C10H11N3O/c14-9-2-1-3-13-8(9)6-12-10(13)7-4-11-5-7/h1-3,6-7,11,14H,4-5H2. The van der Waals surface area contributed by atoms with Gasteiger partial charge in [-0.05, 0) is 12.1 Å². The average molecular weight is 189 g/mol. The van der Waals surface area contributed by atoms with Gasteiger partial charge in [0, 0.05) is 25.2 Å². The summed E-state index contributed by atoms with van der Waals surface area (Å²) in [5.74, 6) is 1.81. The van der Waals surface area contributed by atoms with Crippen molar-refractivity contribution in [3.63, 3.8) is 0 Å². The smallest absolute Gasteiger partial charge is 0.141 e. The lowest BCUT2D eigenvalue weighted by atomic mass is 10.0. The molecule has 4 heteroatoms. The zero-order valence-corrected chi connectivity index (χ0v) is 7.64. The van der Waals surface area contributed by atoms with Gasteiger partial charge in [0.05, 0.1) is 6.20 Å². The molecule has 2 aromatic rings. The molecule has 0 spiro atoms. The maximum Gasteiger partial charge on any atom is 0.141 e. The molecule has 0 aliphatic carbocycles. The van der Waals surface area contributed by atoms with E-state index in [0.29, 0.717) is 11.7 Å². The molecule has 0 radical (unpaired) electrons. The van der Waals surface area contributed by atoms with Crippen LogP contribution >= 0.6 is 0 Å². The Labute approximate surface area is 81.2 Å². The number of aromatic hydroxyl groups is 1. The SMILES string of the molecule is Oc1cccn2c(C3CNC3)ncc12. The van der Waals surface area contributed by atoms with E-state index in [-0.39, 0.29) is 0 Å². The van der Waals surface area contributed by atoms with Crippen molar-refractivity contribution >= 4 is 5.52 Å². The summed E-state index contributed by atoms with van der Waals surface area (Å²) in [6, 6.07) is 3.51. The summed E-state index contributed by atoms with van der Waals surface area (Å²) < 4.78 is 1.96. The van der Waals surface area contributed by atoms with E-state index in [0.717, 1.165) is 24.4 Å². The second-order valence-electron chi connectivity index (χ2n) is 3.62. The molecule has 0 unspecified atom stereocenters. The lowest BCUT2D eigenvalue weighted by molar-refractivity contribution is 0.428. The Balaban J connectivity index is 2.20. The van der Waals surface area contributed by atoms with E-state index in [2.05, 4.69) is 10.3 Å². The summed E-state index contributed by atoms with van der Waals surface area (Å²) in [4.78, 5) is 4.34. The van der Waals surface area contributed by atoms with Gasteiger partial charge < -0.3 is 14.8 Å². The maximum absolute atomic E-state index is 9.58. The van der Waals surface area contributed by atoms with Gasteiger partial charge in [-0.3, -0.25) is 0 Å². The minimum Gasteiger partial charge on any atom is -0.506 e. The first kappa shape index (κ1) is 7.82. The number of fused-ring (bicyclic) bond motifs is 1. The van der Waals surface area contributed by atoms with Crippen LogP contribution in [0.3, 0.4) is 0 Å². The molecular formula is C10H11N3O. The summed E-state index contributed by atoms with van der Waals surface area (Å²) in [6.07, 6.45) is 3.67. The number of pyridine rings is 1. The number of nitrogens with one attached hydrogen (secondary N) is 1. The molecule has 1 fully saturated rings. The Morgan fingerprint density at radius 1 is 1.50 bits per heavy atom. The fourth-order valence-electron chi connectivity index (χ4n) is 1.80. The third-order valence-corrected chi connectivity index (χ3v) is 2.72. The molecule has 2 N–H and O–H groups in total.